The lowest BCUT2D eigenvalue weighted by atomic mass is 9.63. The van der Waals surface area contributed by atoms with Gasteiger partial charge in [0, 0.05) is 6.04 Å². The molecule has 1 aliphatic carbocycles. The van der Waals surface area contributed by atoms with Gasteiger partial charge in [0.1, 0.15) is 0 Å². The lowest BCUT2D eigenvalue weighted by molar-refractivity contribution is -0.148. The van der Waals surface area contributed by atoms with E-state index in [0.29, 0.717) is 0 Å². The number of carbonyl (C=O) groups excluding carboxylic acids is 2. The van der Waals surface area contributed by atoms with Gasteiger partial charge in [0.05, 0.1) is 6.61 Å². The number of hydrogen-bond acceptors (Lipinski definition) is 4. The van der Waals surface area contributed by atoms with E-state index in [1.807, 2.05) is 0 Å². The molecule has 1 rings (SSSR count). The van der Waals surface area contributed by atoms with Gasteiger partial charge in [-0.2, -0.15) is 0 Å². The lowest BCUT2D eigenvalue weighted by Gasteiger charge is -2.45. The van der Waals surface area contributed by atoms with E-state index in [1.54, 1.807) is 6.92 Å². The molecule has 5 heteroatoms. The molecule has 0 aliphatic heterocycles. The second-order valence-electron chi connectivity index (χ2n) is 7.35. The molecule has 1 amide bonds. The number of esters is 1. The van der Waals surface area contributed by atoms with Crippen molar-refractivity contribution in [2.24, 2.45) is 16.6 Å². The fourth-order valence-corrected chi connectivity index (χ4v) is 3.58. The zero-order valence-corrected chi connectivity index (χ0v) is 13.3. The lowest BCUT2D eigenvalue weighted by Crippen LogP contribution is -2.53. The molecular weight excluding hydrogens is 256 g/mol. The maximum Gasteiger partial charge on any atom is 0.332 e. The van der Waals surface area contributed by atoms with Crippen LogP contribution in [0.25, 0.3) is 0 Å². The molecule has 20 heavy (non-hydrogen) atoms. The number of nitrogens with two attached hydrogens (primary N) is 1. The Morgan fingerprint density at radius 2 is 1.75 bits per heavy atom. The van der Waals surface area contributed by atoms with Crippen molar-refractivity contribution >= 4 is 11.9 Å². The quantitative estimate of drug-likeness (QED) is 0.607. The second kappa shape index (κ2) is 6.12. The summed E-state index contributed by atoms with van der Waals surface area (Å²) in [5.41, 5.74) is 5.96. The first-order valence-corrected chi connectivity index (χ1v) is 7.29. The van der Waals surface area contributed by atoms with Crippen molar-refractivity contribution < 1.29 is 14.3 Å². The topological polar surface area (TPSA) is 81.4 Å². The first-order chi connectivity index (χ1) is 9.06. The molecule has 3 N–H and O–H groups in total. The monoisotopic (exact) mass is 284 g/mol. The average Bonchev–Trinajstić information content (AvgIpc) is 2.23. The van der Waals surface area contributed by atoms with Crippen LogP contribution in [0.1, 0.15) is 53.9 Å². The predicted molar refractivity (Wildman–Crippen MR) is 78.0 cm³/mol. The number of hydrogen-bond donors (Lipinski definition) is 2. The van der Waals surface area contributed by atoms with Crippen LogP contribution < -0.4 is 11.1 Å². The number of nitrogens with one attached hydrogen (secondary N) is 1. The van der Waals surface area contributed by atoms with Crippen LogP contribution >= 0.6 is 0 Å². The zero-order chi connectivity index (χ0) is 15.6. The molecule has 1 fully saturated rings. The van der Waals surface area contributed by atoms with Crippen LogP contribution in [0, 0.1) is 10.8 Å². The number of carbonyl (C=O) groups is 2. The highest BCUT2D eigenvalue weighted by molar-refractivity contribution is 6.01. The van der Waals surface area contributed by atoms with Crippen molar-refractivity contribution in [2.45, 2.75) is 66.0 Å². The fourth-order valence-electron chi connectivity index (χ4n) is 3.58. The third kappa shape index (κ3) is 4.78. The molecule has 0 aromatic rings. The molecule has 1 aliphatic rings. The van der Waals surface area contributed by atoms with Gasteiger partial charge in [0.2, 0.25) is 5.91 Å². The normalized spacial score (nSPS) is 22.9. The molecule has 0 heterocycles. The molecule has 1 saturated carbocycles. The minimum atomic E-state index is -1.23. The van der Waals surface area contributed by atoms with Crippen molar-refractivity contribution in [3.8, 4) is 0 Å². The number of ether oxygens (including phenoxy) is 1. The first kappa shape index (κ1) is 17.0. The maximum atomic E-state index is 12.0. The van der Waals surface area contributed by atoms with Crippen molar-refractivity contribution in [1.82, 2.24) is 5.32 Å². The molecule has 1 atom stereocenters. The van der Waals surface area contributed by atoms with Crippen LogP contribution in [0.3, 0.4) is 0 Å². The van der Waals surface area contributed by atoms with Gasteiger partial charge in [0.25, 0.3) is 0 Å². The van der Waals surface area contributed by atoms with Crippen molar-refractivity contribution in [3.05, 3.63) is 0 Å². The Morgan fingerprint density at radius 3 is 2.20 bits per heavy atom. The highest BCUT2D eigenvalue weighted by Gasteiger charge is 2.39. The van der Waals surface area contributed by atoms with Gasteiger partial charge in [-0.25, -0.2) is 4.79 Å². The molecule has 0 saturated heterocycles. The minimum Gasteiger partial charge on any atom is -0.464 e. The highest BCUT2D eigenvalue weighted by atomic mass is 16.5. The summed E-state index contributed by atoms with van der Waals surface area (Å²) in [6.07, 6.45) is 2.92. The highest BCUT2D eigenvalue weighted by Crippen LogP contribution is 2.45. The largest absolute Gasteiger partial charge is 0.464 e. The van der Waals surface area contributed by atoms with Gasteiger partial charge in [0.15, 0.2) is 6.04 Å². The van der Waals surface area contributed by atoms with E-state index in [9.17, 15) is 9.59 Å². The Balaban J connectivity index is 2.63. The molecule has 0 aromatic heterocycles. The van der Waals surface area contributed by atoms with E-state index in [2.05, 4.69) is 33.0 Å². The summed E-state index contributed by atoms with van der Waals surface area (Å²) in [6, 6.07) is -1.18. The number of amides is 1. The van der Waals surface area contributed by atoms with E-state index in [-0.39, 0.29) is 23.5 Å². The molecule has 5 nitrogen and oxygen atoms in total. The summed E-state index contributed by atoms with van der Waals surface area (Å²) >= 11 is 0. The number of rotatable bonds is 4. The van der Waals surface area contributed by atoms with Crippen LogP contribution in [-0.2, 0) is 14.3 Å². The Labute approximate surface area is 121 Å². The van der Waals surface area contributed by atoms with Crippen molar-refractivity contribution in [3.63, 3.8) is 0 Å². The first-order valence-electron chi connectivity index (χ1n) is 7.29. The summed E-state index contributed by atoms with van der Waals surface area (Å²) in [6.45, 7) is 10.7. The Hall–Kier alpha value is -1.10. The van der Waals surface area contributed by atoms with Gasteiger partial charge >= 0.3 is 5.97 Å². The molecular formula is C15H28N2O3. The summed E-state index contributed by atoms with van der Waals surface area (Å²) in [4.78, 5) is 23.5. The van der Waals surface area contributed by atoms with Gasteiger partial charge in [-0.1, -0.05) is 27.7 Å². The zero-order valence-electron chi connectivity index (χ0n) is 13.3. The van der Waals surface area contributed by atoms with Crippen LogP contribution in [0.5, 0.6) is 0 Å². The van der Waals surface area contributed by atoms with Gasteiger partial charge in [-0.3, -0.25) is 4.79 Å². The molecule has 0 bridgehead atoms. The van der Waals surface area contributed by atoms with E-state index in [4.69, 9.17) is 10.5 Å². The van der Waals surface area contributed by atoms with Gasteiger partial charge in [-0.05, 0) is 37.0 Å². The standard InChI is InChI=1S/C15H28N2O3/c1-6-20-13(19)11(16)12(18)17-10-7-14(2,3)9-15(4,5)8-10/h10-11H,6-9,16H2,1-5H3,(H,17,18). The van der Waals surface area contributed by atoms with E-state index in [1.165, 1.54) is 0 Å². The van der Waals surface area contributed by atoms with E-state index < -0.39 is 17.9 Å². The van der Waals surface area contributed by atoms with E-state index >= 15 is 0 Å². The predicted octanol–water partition coefficient (Wildman–Crippen LogP) is 1.60. The third-order valence-electron chi connectivity index (χ3n) is 3.72. The minimum absolute atomic E-state index is 0.0572. The van der Waals surface area contributed by atoms with Crippen LogP contribution in [0.4, 0.5) is 0 Å². The van der Waals surface area contributed by atoms with Crippen molar-refractivity contribution in [2.75, 3.05) is 6.61 Å². The smallest absolute Gasteiger partial charge is 0.332 e. The summed E-state index contributed by atoms with van der Waals surface area (Å²) in [5.74, 6) is -1.11. The molecule has 1 unspecified atom stereocenters. The summed E-state index contributed by atoms with van der Waals surface area (Å²) in [7, 11) is 0. The fraction of sp³-hybridized carbons (Fsp3) is 0.867. The average molecular weight is 284 g/mol. The summed E-state index contributed by atoms with van der Waals surface area (Å²) < 4.78 is 4.77. The molecule has 0 radical (unpaired) electrons. The second-order valence-corrected chi connectivity index (χ2v) is 7.35. The Kier molecular flexibility index (Phi) is 5.19. The van der Waals surface area contributed by atoms with Crippen LogP contribution in [-0.4, -0.2) is 30.6 Å². The van der Waals surface area contributed by atoms with Gasteiger partial charge < -0.3 is 15.8 Å². The van der Waals surface area contributed by atoms with Gasteiger partial charge in [-0.15, -0.1) is 0 Å². The Morgan fingerprint density at radius 1 is 1.25 bits per heavy atom. The molecule has 0 aromatic carbocycles. The third-order valence-corrected chi connectivity index (χ3v) is 3.72. The Bertz CT molecular complexity index is 361. The van der Waals surface area contributed by atoms with E-state index in [0.717, 1.165) is 19.3 Å². The van der Waals surface area contributed by atoms with Crippen LogP contribution in [0.2, 0.25) is 0 Å². The van der Waals surface area contributed by atoms with Crippen LogP contribution in [0.15, 0.2) is 0 Å². The molecule has 116 valence electrons. The SMILES string of the molecule is CCOC(=O)C(N)C(=O)NC1CC(C)(C)CC(C)(C)C1. The maximum absolute atomic E-state index is 12.0. The summed E-state index contributed by atoms with van der Waals surface area (Å²) in [5, 5.41) is 2.90. The molecule has 0 spiro atoms. The van der Waals surface area contributed by atoms with Crippen molar-refractivity contribution in [1.29, 1.82) is 0 Å².